The van der Waals surface area contributed by atoms with Gasteiger partial charge in [-0.25, -0.2) is 4.39 Å². The molecule has 0 aromatic heterocycles. The molecule has 0 heterocycles. The van der Waals surface area contributed by atoms with E-state index < -0.39 is 11.9 Å². The Kier molecular flexibility index (Phi) is 3.74. The first kappa shape index (κ1) is 12.5. The molecule has 0 spiro atoms. The molecule has 15 heavy (non-hydrogen) atoms. The van der Waals surface area contributed by atoms with Crippen LogP contribution in [-0.4, -0.2) is 5.11 Å². The quantitative estimate of drug-likeness (QED) is 0.834. The van der Waals surface area contributed by atoms with E-state index in [1.54, 1.807) is 12.1 Å². The van der Waals surface area contributed by atoms with E-state index in [4.69, 9.17) is 11.6 Å². The number of rotatable bonds is 3. The summed E-state index contributed by atoms with van der Waals surface area (Å²) in [5, 5.41) is 10.4. The summed E-state index contributed by atoms with van der Waals surface area (Å²) in [6.45, 7) is 5.79. The lowest BCUT2D eigenvalue weighted by molar-refractivity contribution is 0.0436. The average Bonchev–Trinajstić information content (AvgIpc) is 2.17. The van der Waals surface area contributed by atoms with Gasteiger partial charge in [0.15, 0.2) is 0 Å². The second-order valence-electron chi connectivity index (χ2n) is 4.41. The zero-order valence-electron chi connectivity index (χ0n) is 9.22. The standard InChI is InChI=1S/C12H16ClFO/c1-4-12(2,3)11(15)9-6-5-8(13)7-10(9)14/h5-7,11,15H,4H2,1-3H3. The summed E-state index contributed by atoms with van der Waals surface area (Å²) in [5.74, 6) is -0.448. The van der Waals surface area contributed by atoms with Gasteiger partial charge in [-0.1, -0.05) is 38.4 Å². The lowest BCUT2D eigenvalue weighted by Crippen LogP contribution is -2.21. The Labute approximate surface area is 94.9 Å². The van der Waals surface area contributed by atoms with Crippen molar-refractivity contribution in [3.8, 4) is 0 Å². The van der Waals surface area contributed by atoms with E-state index in [9.17, 15) is 9.50 Å². The topological polar surface area (TPSA) is 20.2 Å². The monoisotopic (exact) mass is 230 g/mol. The molecule has 1 aromatic carbocycles. The fraction of sp³-hybridized carbons (Fsp3) is 0.500. The van der Waals surface area contributed by atoms with Gasteiger partial charge in [-0.05, 0) is 24.0 Å². The second kappa shape index (κ2) is 4.50. The van der Waals surface area contributed by atoms with Gasteiger partial charge in [0, 0.05) is 10.6 Å². The SMILES string of the molecule is CCC(C)(C)C(O)c1ccc(Cl)cc1F. The van der Waals surface area contributed by atoms with E-state index in [-0.39, 0.29) is 5.41 Å². The molecule has 1 nitrogen and oxygen atoms in total. The number of hydrogen-bond donors (Lipinski definition) is 1. The minimum Gasteiger partial charge on any atom is -0.388 e. The van der Waals surface area contributed by atoms with Crippen LogP contribution in [0.3, 0.4) is 0 Å². The molecule has 0 radical (unpaired) electrons. The summed E-state index contributed by atoms with van der Waals surface area (Å²) in [6, 6.07) is 4.36. The molecule has 84 valence electrons. The molecule has 0 bridgehead atoms. The van der Waals surface area contributed by atoms with Crippen molar-refractivity contribution in [2.45, 2.75) is 33.3 Å². The first-order valence-corrected chi connectivity index (χ1v) is 5.39. The van der Waals surface area contributed by atoms with Crippen molar-refractivity contribution in [2.75, 3.05) is 0 Å². The Bertz CT molecular complexity index is 349. The summed E-state index contributed by atoms with van der Waals surface area (Å²) in [6.07, 6.45) is -0.0317. The number of halogens is 2. The van der Waals surface area contributed by atoms with Gasteiger partial charge >= 0.3 is 0 Å². The molecule has 0 aliphatic heterocycles. The van der Waals surface area contributed by atoms with Crippen LogP contribution < -0.4 is 0 Å². The van der Waals surface area contributed by atoms with Crippen molar-refractivity contribution < 1.29 is 9.50 Å². The van der Waals surface area contributed by atoms with Gasteiger partial charge in [-0.15, -0.1) is 0 Å². The molecule has 0 fully saturated rings. The third-order valence-corrected chi connectivity index (χ3v) is 3.14. The maximum Gasteiger partial charge on any atom is 0.130 e. The van der Waals surface area contributed by atoms with Gasteiger partial charge in [0.25, 0.3) is 0 Å². The van der Waals surface area contributed by atoms with Crippen LogP contribution in [-0.2, 0) is 0 Å². The molecule has 0 saturated carbocycles. The van der Waals surface area contributed by atoms with E-state index in [1.807, 2.05) is 20.8 Å². The Morgan fingerprint density at radius 2 is 2.07 bits per heavy atom. The van der Waals surface area contributed by atoms with Crippen LogP contribution in [0.15, 0.2) is 18.2 Å². The maximum atomic E-state index is 13.5. The van der Waals surface area contributed by atoms with E-state index in [0.717, 1.165) is 6.42 Å². The zero-order chi connectivity index (χ0) is 11.6. The van der Waals surface area contributed by atoms with Crippen LogP contribution in [0.1, 0.15) is 38.9 Å². The number of aliphatic hydroxyl groups is 1. The van der Waals surface area contributed by atoms with E-state index in [2.05, 4.69) is 0 Å². The molecule has 1 N–H and O–H groups in total. The lowest BCUT2D eigenvalue weighted by Gasteiger charge is -2.29. The smallest absolute Gasteiger partial charge is 0.130 e. The molecule has 1 atom stereocenters. The highest BCUT2D eigenvalue weighted by Crippen LogP contribution is 2.37. The van der Waals surface area contributed by atoms with Crippen LogP contribution in [0.4, 0.5) is 4.39 Å². The predicted molar refractivity (Wildman–Crippen MR) is 60.4 cm³/mol. The highest BCUT2D eigenvalue weighted by molar-refractivity contribution is 6.30. The molecule has 0 amide bonds. The Morgan fingerprint density at radius 1 is 1.47 bits per heavy atom. The molecule has 1 aromatic rings. The van der Waals surface area contributed by atoms with Crippen LogP contribution in [0.2, 0.25) is 5.02 Å². The molecule has 0 aliphatic carbocycles. The van der Waals surface area contributed by atoms with Crippen molar-refractivity contribution in [3.05, 3.63) is 34.6 Å². The summed E-state index contributed by atoms with van der Waals surface area (Å²) >= 11 is 5.65. The minimum atomic E-state index is -0.806. The molecular weight excluding hydrogens is 215 g/mol. The van der Waals surface area contributed by atoms with Gasteiger partial charge in [-0.3, -0.25) is 0 Å². The van der Waals surface area contributed by atoms with Crippen LogP contribution >= 0.6 is 11.6 Å². The van der Waals surface area contributed by atoms with Gasteiger partial charge in [0.2, 0.25) is 0 Å². The molecular formula is C12H16ClFO. The molecule has 1 rings (SSSR count). The number of aliphatic hydroxyl groups excluding tert-OH is 1. The second-order valence-corrected chi connectivity index (χ2v) is 4.85. The molecule has 0 saturated heterocycles. The van der Waals surface area contributed by atoms with Gasteiger partial charge < -0.3 is 5.11 Å². The summed E-state index contributed by atoms with van der Waals surface area (Å²) < 4.78 is 13.5. The maximum absolute atomic E-state index is 13.5. The first-order chi connectivity index (χ1) is 6.88. The predicted octanol–water partition coefficient (Wildman–Crippen LogP) is 3.95. The highest BCUT2D eigenvalue weighted by Gasteiger charge is 2.29. The van der Waals surface area contributed by atoms with Crippen molar-refractivity contribution in [2.24, 2.45) is 5.41 Å². The summed E-state index contributed by atoms with van der Waals surface area (Å²) in [7, 11) is 0. The highest BCUT2D eigenvalue weighted by atomic mass is 35.5. The van der Waals surface area contributed by atoms with Gasteiger partial charge in [0.05, 0.1) is 6.10 Å². The number of benzene rings is 1. The lowest BCUT2D eigenvalue weighted by atomic mass is 9.80. The summed E-state index contributed by atoms with van der Waals surface area (Å²) in [4.78, 5) is 0. The third kappa shape index (κ3) is 2.70. The molecule has 1 unspecified atom stereocenters. The normalized spacial score (nSPS) is 14.0. The van der Waals surface area contributed by atoms with Crippen LogP contribution in [0, 0.1) is 11.2 Å². The number of hydrogen-bond acceptors (Lipinski definition) is 1. The first-order valence-electron chi connectivity index (χ1n) is 5.01. The van der Waals surface area contributed by atoms with E-state index in [1.165, 1.54) is 6.07 Å². The van der Waals surface area contributed by atoms with Crippen molar-refractivity contribution in [3.63, 3.8) is 0 Å². The van der Waals surface area contributed by atoms with Crippen LogP contribution in [0.25, 0.3) is 0 Å². The van der Waals surface area contributed by atoms with Crippen molar-refractivity contribution in [1.29, 1.82) is 0 Å². The van der Waals surface area contributed by atoms with E-state index in [0.29, 0.717) is 10.6 Å². The Balaban J connectivity index is 3.06. The van der Waals surface area contributed by atoms with Crippen LogP contribution in [0.5, 0.6) is 0 Å². The summed E-state index contributed by atoms with van der Waals surface area (Å²) in [5.41, 5.74) is -0.0273. The van der Waals surface area contributed by atoms with Crippen molar-refractivity contribution in [1.82, 2.24) is 0 Å². The van der Waals surface area contributed by atoms with Gasteiger partial charge in [-0.2, -0.15) is 0 Å². The molecule has 3 heteroatoms. The minimum absolute atomic E-state index is 0.311. The van der Waals surface area contributed by atoms with E-state index >= 15 is 0 Å². The van der Waals surface area contributed by atoms with Gasteiger partial charge in [0.1, 0.15) is 5.82 Å². The zero-order valence-corrected chi connectivity index (χ0v) is 9.98. The largest absolute Gasteiger partial charge is 0.388 e. The Hall–Kier alpha value is -0.600. The van der Waals surface area contributed by atoms with Crippen molar-refractivity contribution >= 4 is 11.6 Å². The average molecular weight is 231 g/mol. The molecule has 0 aliphatic rings. The fourth-order valence-corrected chi connectivity index (χ4v) is 1.50. The Morgan fingerprint density at radius 3 is 2.53 bits per heavy atom. The fourth-order valence-electron chi connectivity index (χ4n) is 1.34. The third-order valence-electron chi connectivity index (χ3n) is 2.91.